The second kappa shape index (κ2) is 7.56. The number of rotatable bonds is 7. The second-order valence-corrected chi connectivity index (χ2v) is 5.66. The van der Waals surface area contributed by atoms with Crippen molar-refractivity contribution in [1.82, 2.24) is 10.2 Å². The zero-order valence-corrected chi connectivity index (χ0v) is 12.2. The van der Waals surface area contributed by atoms with Crippen LogP contribution in [0.3, 0.4) is 0 Å². The number of nitrogens with zero attached hydrogens (tertiary/aromatic N) is 1. The molecule has 0 fully saturated rings. The molecule has 108 valence electrons. The highest BCUT2D eigenvalue weighted by Crippen LogP contribution is 2.10. The van der Waals surface area contributed by atoms with Crippen molar-refractivity contribution in [1.29, 1.82) is 0 Å². The molecule has 0 aliphatic carbocycles. The van der Waals surface area contributed by atoms with Gasteiger partial charge < -0.3 is 10.2 Å². The van der Waals surface area contributed by atoms with Gasteiger partial charge in [0.25, 0.3) is 0 Å². The van der Waals surface area contributed by atoms with E-state index >= 15 is 0 Å². The lowest BCUT2D eigenvalue weighted by atomic mass is 10.0. The van der Waals surface area contributed by atoms with Crippen LogP contribution in [0, 0.1) is 17.6 Å². The molecule has 1 aromatic rings. The fourth-order valence-corrected chi connectivity index (χ4v) is 2.12. The van der Waals surface area contributed by atoms with Crippen molar-refractivity contribution >= 4 is 0 Å². The molecular weight excluding hydrogens is 246 g/mol. The normalized spacial score (nSPS) is 13.3. The van der Waals surface area contributed by atoms with Gasteiger partial charge in [-0.3, -0.25) is 0 Å². The monoisotopic (exact) mass is 270 g/mol. The first kappa shape index (κ1) is 16.1. The fourth-order valence-electron chi connectivity index (χ4n) is 2.12. The molecule has 1 N–H and O–H groups in total. The molecule has 0 aliphatic heterocycles. The molecule has 4 heteroatoms. The number of halogens is 2. The maximum absolute atomic E-state index is 13.0. The van der Waals surface area contributed by atoms with Crippen molar-refractivity contribution in [2.45, 2.75) is 32.9 Å². The van der Waals surface area contributed by atoms with Gasteiger partial charge in [0, 0.05) is 25.2 Å². The summed E-state index contributed by atoms with van der Waals surface area (Å²) in [5, 5.41) is 3.27. The zero-order valence-electron chi connectivity index (χ0n) is 12.2. The summed E-state index contributed by atoms with van der Waals surface area (Å²) in [6, 6.07) is 4.05. The Kier molecular flexibility index (Phi) is 6.38. The van der Waals surface area contributed by atoms with Gasteiger partial charge in [-0.15, -0.1) is 0 Å². The molecule has 19 heavy (non-hydrogen) atoms. The lowest BCUT2D eigenvalue weighted by molar-refractivity contribution is 0.246. The molecule has 0 bridgehead atoms. The van der Waals surface area contributed by atoms with E-state index in [0.29, 0.717) is 24.1 Å². The van der Waals surface area contributed by atoms with E-state index in [9.17, 15) is 8.78 Å². The third-order valence-electron chi connectivity index (χ3n) is 3.11. The van der Waals surface area contributed by atoms with Gasteiger partial charge in [-0.2, -0.15) is 0 Å². The largest absolute Gasteiger partial charge is 0.311 e. The first-order chi connectivity index (χ1) is 8.88. The number of hydrogen-bond donors (Lipinski definition) is 1. The van der Waals surface area contributed by atoms with Gasteiger partial charge in [-0.05, 0) is 44.1 Å². The van der Waals surface area contributed by atoms with E-state index in [-0.39, 0.29) is 0 Å². The van der Waals surface area contributed by atoms with Crippen LogP contribution in [0.2, 0.25) is 0 Å². The summed E-state index contributed by atoms with van der Waals surface area (Å²) in [7, 11) is 4.10. The van der Waals surface area contributed by atoms with E-state index in [1.54, 1.807) is 0 Å². The van der Waals surface area contributed by atoms with Gasteiger partial charge in [-0.1, -0.05) is 13.8 Å². The van der Waals surface area contributed by atoms with E-state index in [4.69, 9.17) is 0 Å². The Morgan fingerprint density at radius 2 is 1.68 bits per heavy atom. The van der Waals surface area contributed by atoms with Crippen LogP contribution in [0.4, 0.5) is 8.78 Å². The Hall–Kier alpha value is -1.00. The van der Waals surface area contributed by atoms with E-state index in [1.807, 2.05) is 0 Å². The molecule has 1 atom stereocenters. The molecule has 1 rings (SSSR count). The highest BCUT2D eigenvalue weighted by atomic mass is 19.1. The molecular formula is C15H24F2N2. The molecule has 0 aliphatic rings. The minimum atomic E-state index is -0.525. The Bertz CT molecular complexity index is 371. The number of likely N-dealkylation sites (N-methyl/N-ethyl adjacent to an activating group) is 1. The van der Waals surface area contributed by atoms with Gasteiger partial charge in [0.2, 0.25) is 0 Å². The smallest absolute Gasteiger partial charge is 0.126 e. The highest BCUT2D eigenvalue weighted by molar-refractivity contribution is 5.17. The van der Waals surface area contributed by atoms with Crippen LogP contribution < -0.4 is 5.32 Å². The average molecular weight is 270 g/mol. The van der Waals surface area contributed by atoms with Crippen molar-refractivity contribution in [2.24, 2.45) is 5.92 Å². The summed E-state index contributed by atoms with van der Waals surface area (Å²) < 4.78 is 26.1. The fraction of sp³-hybridized carbons (Fsp3) is 0.600. The van der Waals surface area contributed by atoms with E-state index in [0.717, 1.165) is 19.0 Å². The molecule has 0 spiro atoms. The summed E-state index contributed by atoms with van der Waals surface area (Å²) in [5.41, 5.74) is 0.638. The summed E-state index contributed by atoms with van der Waals surface area (Å²) >= 11 is 0. The van der Waals surface area contributed by atoms with Gasteiger partial charge in [0.15, 0.2) is 0 Å². The molecule has 2 nitrogen and oxygen atoms in total. The minimum absolute atomic E-state index is 0.429. The van der Waals surface area contributed by atoms with Crippen LogP contribution in [-0.2, 0) is 6.54 Å². The van der Waals surface area contributed by atoms with Crippen LogP contribution in [0.25, 0.3) is 0 Å². The summed E-state index contributed by atoms with van der Waals surface area (Å²) in [5.74, 6) is -0.424. The molecule has 0 amide bonds. The third-order valence-corrected chi connectivity index (χ3v) is 3.11. The molecule has 1 aromatic carbocycles. The number of benzene rings is 1. The van der Waals surface area contributed by atoms with Crippen molar-refractivity contribution in [3.63, 3.8) is 0 Å². The SMILES string of the molecule is CC(C)CC(CNCc1cc(F)cc(F)c1)N(C)C. The van der Waals surface area contributed by atoms with Crippen LogP contribution in [0.15, 0.2) is 18.2 Å². The summed E-state index contributed by atoms with van der Waals surface area (Å²) in [6.07, 6.45) is 1.09. The van der Waals surface area contributed by atoms with Gasteiger partial charge in [0.1, 0.15) is 11.6 Å². The standard InChI is InChI=1S/C15H24F2N2/c1-11(2)5-15(19(3)4)10-18-9-12-6-13(16)8-14(17)7-12/h6-8,11,15,18H,5,9-10H2,1-4H3. The van der Waals surface area contributed by atoms with Gasteiger partial charge >= 0.3 is 0 Å². The van der Waals surface area contributed by atoms with Crippen LogP contribution in [0.5, 0.6) is 0 Å². The van der Waals surface area contributed by atoms with Crippen molar-refractivity contribution in [3.05, 3.63) is 35.4 Å². The van der Waals surface area contributed by atoms with Crippen molar-refractivity contribution in [3.8, 4) is 0 Å². The van der Waals surface area contributed by atoms with Crippen LogP contribution in [-0.4, -0.2) is 31.6 Å². The summed E-state index contributed by atoms with van der Waals surface area (Å²) in [6.45, 7) is 5.68. The lowest BCUT2D eigenvalue weighted by Crippen LogP contribution is -2.38. The average Bonchev–Trinajstić information content (AvgIpc) is 2.25. The predicted molar refractivity (Wildman–Crippen MR) is 75.0 cm³/mol. The Morgan fingerprint density at radius 3 is 2.16 bits per heavy atom. The van der Waals surface area contributed by atoms with Crippen LogP contribution in [0.1, 0.15) is 25.8 Å². The first-order valence-corrected chi connectivity index (χ1v) is 6.70. The molecule has 1 unspecified atom stereocenters. The molecule has 0 heterocycles. The molecule has 0 saturated carbocycles. The molecule has 0 saturated heterocycles. The molecule has 0 radical (unpaired) electrons. The summed E-state index contributed by atoms with van der Waals surface area (Å²) in [4.78, 5) is 2.18. The van der Waals surface area contributed by atoms with Crippen LogP contribution >= 0.6 is 0 Å². The topological polar surface area (TPSA) is 15.3 Å². The number of nitrogens with one attached hydrogen (secondary N) is 1. The predicted octanol–water partition coefficient (Wildman–Crippen LogP) is 3.03. The van der Waals surface area contributed by atoms with E-state index in [1.165, 1.54) is 12.1 Å². The highest BCUT2D eigenvalue weighted by Gasteiger charge is 2.12. The van der Waals surface area contributed by atoms with Gasteiger partial charge in [-0.25, -0.2) is 8.78 Å². The maximum atomic E-state index is 13.0. The molecule has 0 aromatic heterocycles. The van der Waals surface area contributed by atoms with Gasteiger partial charge in [0.05, 0.1) is 0 Å². The van der Waals surface area contributed by atoms with Crippen molar-refractivity contribution < 1.29 is 8.78 Å². The number of hydrogen-bond acceptors (Lipinski definition) is 2. The van der Waals surface area contributed by atoms with E-state index < -0.39 is 11.6 Å². The Labute approximate surface area is 114 Å². The Morgan fingerprint density at radius 1 is 1.11 bits per heavy atom. The lowest BCUT2D eigenvalue weighted by Gasteiger charge is -2.26. The third kappa shape index (κ3) is 6.12. The van der Waals surface area contributed by atoms with Crippen molar-refractivity contribution in [2.75, 3.05) is 20.6 Å². The zero-order chi connectivity index (χ0) is 14.4. The minimum Gasteiger partial charge on any atom is -0.311 e. The maximum Gasteiger partial charge on any atom is 0.126 e. The quantitative estimate of drug-likeness (QED) is 0.819. The second-order valence-electron chi connectivity index (χ2n) is 5.66. The Balaban J connectivity index is 2.47. The van der Waals surface area contributed by atoms with E-state index in [2.05, 4.69) is 38.2 Å². The first-order valence-electron chi connectivity index (χ1n) is 6.70.